The molecule has 1 aliphatic heterocycles. The molecular formula is C13H21N5O2. The lowest BCUT2D eigenvalue weighted by molar-refractivity contribution is 0.0265. The first-order chi connectivity index (χ1) is 9.26. The number of nitrogens with zero attached hydrogens (tertiary/aromatic N) is 4. The predicted octanol–water partition coefficient (Wildman–Crippen LogP) is 0.776. The molecule has 1 aromatic heterocycles. The van der Waals surface area contributed by atoms with Gasteiger partial charge in [-0.3, -0.25) is 0 Å². The molecular weight excluding hydrogens is 258 g/mol. The topological polar surface area (TPSA) is 86.3 Å². The molecule has 2 N–H and O–H groups in total. The van der Waals surface area contributed by atoms with E-state index in [1.165, 1.54) is 0 Å². The zero-order chi connectivity index (χ0) is 14.9. The van der Waals surface area contributed by atoms with Crippen LogP contribution in [-0.2, 0) is 11.8 Å². The number of ether oxygens (including phenoxy) is 1. The van der Waals surface area contributed by atoms with Crippen LogP contribution in [0.4, 0.5) is 4.79 Å². The molecule has 0 spiro atoms. The largest absolute Gasteiger partial charge is 0.444 e. The van der Waals surface area contributed by atoms with E-state index in [2.05, 4.69) is 10.2 Å². The van der Waals surface area contributed by atoms with Gasteiger partial charge >= 0.3 is 6.09 Å². The Morgan fingerprint density at radius 2 is 2.20 bits per heavy atom. The van der Waals surface area contributed by atoms with Gasteiger partial charge in [0, 0.05) is 25.2 Å². The van der Waals surface area contributed by atoms with Crippen molar-refractivity contribution in [1.29, 1.82) is 0 Å². The third-order valence-electron chi connectivity index (χ3n) is 2.86. The molecule has 0 saturated carbocycles. The summed E-state index contributed by atoms with van der Waals surface area (Å²) in [7, 11) is 1.86. The van der Waals surface area contributed by atoms with Crippen molar-refractivity contribution in [3.8, 4) is 0 Å². The summed E-state index contributed by atoms with van der Waals surface area (Å²) in [6, 6.07) is -0.233. The molecule has 1 unspecified atom stereocenters. The van der Waals surface area contributed by atoms with Gasteiger partial charge in [0.1, 0.15) is 11.9 Å². The molecule has 1 aromatic rings. The van der Waals surface area contributed by atoms with Crippen molar-refractivity contribution in [1.82, 2.24) is 19.7 Å². The van der Waals surface area contributed by atoms with Gasteiger partial charge in [-0.05, 0) is 20.8 Å². The van der Waals surface area contributed by atoms with Crippen molar-refractivity contribution in [2.24, 2.45) is 12.8 Å². The minimum atomic E-state index is -0.521. The van der Waals surface area contributed by atoms with Crippen molar-refractivity contribution in [2.75, 3.05) is 13.1 Å². The highest BCUT2D eigenvalue weighted by Gasteiger charge is 2.28. The Balaban J connectivity index is 2.15. The molecule has 7 heteroatoms. The van der Waals surface area contributed by atoms with E-state index < -0.39 is 5.60 Å². The van der Waals surface area contributed by atoms with Crippen LogP contribution in [-0.4, -0.2) is 50.5 Å². The maximum absolute atomic E-state index is 12.1. The van der Waals surface area contributed by atoms with E-state index in [4.69, 9.17) is 10.5 Å². The van der Waals surface area contributed by atoms with Crippen LogP contribution in [0.1, 0.15) is 26.6 Å². The van der Waals surface area contributed by atoms with Crippen LogP contribution < -0.4 is 5.73 Å². The van der Waals surface area contributed by atoms with Crippen LogP contribution in [0.25, 0.3) is 5.57 Å². The third kappa shape index (κ3) is 3.36. The normalized spacial score (nSPS) is 19.8. The van der Waals surface area contributed by atoms with Crippen LogP contribution in [0.5, 0.6) is 0 Å². The third-order valence-corrected chi connectivity index (χ3v) is 2.86. The highest BCUT2D eigenvalue weighted by molar-refractivity contribution is 5.74. The number of aromatic nitrogens is 3. The second kappa shape index (κ2) is 5.24. The molecule has 7 nitrogen and oxygen atoms in total. The van der Waals surface area contributed by atoms with Gasteiger partial charge in [0.2, 0.25) is 0 Å². The molecule has 0 aliphatic carbocycles. The summed E-state index contributed by atoms with van der Waals surface area (Å²) in [4.78, 5) is 13.7. The summed E-state index contributed by atoms with van der Waals surface area (Å²) >= 11 is 0. The first kappa shape index (κ1) is 14.5. The summed E-state index contributed by atoms with van der Waals surface area (Å²) < 4.78 is 7.19. The summed E-state index contributed by atoms with van der Waals surface area (Å²) in [6.45, 7) is 6.39. The van der Waals surface area contributed by atoms with Crippen molar-refractivity contribution in [2.45, 2.75) is 32.4 Å². The Morgan fingerprint density at radius 1 is 1.50 bits per heavy atom. The Labute approximate surface area is 118 Å². The van der Waals surface area contributed by atoms with Gasteiger partial charge in [0.05, 0.1) is 6.54 Å². The Morgan fingerprint density at radius 3 is 2.75 bits per heavy atom. The molecule has 0 aromatic carbocycles. The van der Waals surface area contributed by atoms with E-state index in [1.54, 1.807) is 15.8 Å². The number of amides is 1. The number of nitrogens with two attached hydrogens (primary N) is 1. The lowest BCUT2D eigenvalue weighted by Crippen LogP contribution is -2.46. The zero-order valence-electron chi connectivity index (χ0n) is 12.3. The van der Waals surface area contributed by atoms with Crippen molar-refractivity contribution >= 4 is 11.7 Å². The number of aryl methyl sites for hydroxylation is 1. The number of rotatable bonds is 1. The lowest BCUT2D eigenvalue weighted by atomic mass is 10.1. The van der Waals surface area contributed by atoms with Crippen molar-refractivity contribution in [3.05, 3.63) is 18.2 Å². The first-order valence-electron chi connectivity index (χ1n) is 6.55. The average molecular weight is 279 g/mol. The number of carbonyl (C=O) groups excluding carboxylic acids is 1. The minimum Gasteiger partial charge on any atom is -0.444 e. The Kier molecular flexibility index (Phi) is 3.80. The number of carbonyl (C=O) groups is 1. The summed E-state index contributed by atoms with van der Waals surface area (Å²) in [5.74, 6) is 0.716. The second-order valence-corrected chi connectivity index (χ2v) is 5.98. The molecule has 2 rings (SSSR count). The summed E-state index contributed by atoms with van der Waals surface area (Å²) in [5.41, 5.74) is 6.35. The second-order valence-electron chi connectivity index (χ2n) is 5.98. The van der Waals surface area contributed by atoms with Gasteiger partial charge in [-0.25, -0.2) is 4.79 Å². The van der Waals surface area contributed by atoms with E-state index >= 15 is 0 Å². The number of hydrogen-bond donors (Lipinski definition) is 1. The monoisotopic (exact) mass is 279 g/mol. The molecule has 1 aliphatic rings. The smallest absolute Gasteiger partial charge is 0.410 e. The molecule has 110 valence electrons. The van der Waals surface area contributed by atoms with Gasteiger partial charge in [0.25, 0.3) is 0 Å². The molecule has 1 atom stereocenters. The van der Waals surface area contributed by atoms with Crippen LogP contribution in [0.2, 0.25) is 0 Å². The molecule has 0 saturated heterocycles. The maximum atomic E-state index is 12.1. The minimum absolute atomic E-state index is 0.233. The maximum Gasteiger partial charge on any atom is 0.410 e. The van der Waals surface area contributed by atoms with E-state index in [-0.39, 0.29) is 12.1 Å². The summed E-state index contributed by atoms with van der Waals surface area (Å²) in [5, 5.41) is 7.90. The van der Waals surface area contributed by atoms with Crippen molar-refractivity contribution < 1.29 is 9.53 Å². The van der Waals surface area contributed by atoms with Gasteiger partial charge in [-0.1, -0.05) is 6.08 Å². The highest BCUT2D eigenvalue weighted by atomic mass is 16.6. The SMILES string of the molecule is Cn1cnnc1C1=CC(N)CN(C(=O)OC(C)(C)C)C1. The quantitative estimate of drug-likeness (QED) is 0.820. The van der Waals surface area contributed by atoms with Gasteiger partial charge in [-0.15, -0.1) is 10.2 Å². The average Bonchev–Trinajstić information content (AvgIpc) is 2.72. The molecule has 0 fully saturated rings. The fourth-order valence-corrected chi connectivity index (χ4v) is 2.07. The molecule has 0 bridgehead atoms. The lowest BCUT2D eigenvalue weighted by Gasteiger charge is -2.32. The first-order valence-corrected chi connectivity index (χ1v) is 6.55. The number of hydrogen-bond acceptors (Lipinski definition) is 5. The van der Waals surface area contributed by atoms with Gasteiger partial charge in [0.15, 0.2) is 5.82 Å². The standard InChI is InChI=1S/C13H21N5O2/c1-13(2,3)20-12(19)18-6-9(5-10(14)7-18)11-16-15-8-17(11)4/h5,8,10H,6-7,14H2,1-4H3. The Hall–Kier alpha value is -1.89. The van der Waals surface area contributed by atoms with Crippen molar-refractivity contribution in [3.63, 3.8) is 0 Å². The Bertz CT molecular complexity index is 529. The van der Waals surface area contributed by atoms with E-state index in [9.17, 15) is 4.79 Å². The van der Waals surface area contributed by atoms with Crippen LogP contribution in [0.15, 0.2) is 12.4 Å². The zero-order valence-corrected chi connectivity index (χ0v) is 12.3. The highest BCUT2D eigenvalue weighted by Crippen LogP contribution is 2.20. The molecule has 2 heterocycles. The fourth-order valence-electron chi connectivity index (χ4n) is 2.07. The fraction of sp³-hybridized carbons (Fsp3) is 0.615. The molecule has 0 radical (unpaired) electrons. The van der Waals surface area contributed by atoms with E-state index in [0.29, 0.717) is 18.9 Å². The van der Waals surface area contributed by atoms with Crippen LogP contribution in [0.3, 0.4) is 0 Å². The van der Waals surface area contributed by atoms with Gasteiger partial charge < -0.3 is 19.9 Å². The van der Waals surface area contributed by atoms with Crippen LogP contribution in [0, 0.1) is 0 Å². The summed E-state index contributed by atoms with van der Waals surface area (Å²) in [6.07, 6.45) is 3.18. The molecule has 20 heavy (non-hydrogen) atoms. The van der Waals surface area contributed by atoms with E-state index in [0.717, 1.165) is 5.57 Å². The van der Waals surface area contributed by atoms with E-state index in [1.807, 2.05) is 33.9 Å². The molecule has 1 amide bonds. The predicted molar refractivity (Wildman–Crippen MR) is 74.8 cm³/mol. The van der Waals surface area contributed by atoms with Crippen LogP contribution >= 0.6 is 0 Å². The van der Waals surface area contributed by atoms with Gasteiger partial charge in [-0.2, -0.15) is 0 Å².